The molecule has 0 aliphatic carbocycles. The van der Waals surface area contributed by atoms with Crippen LogP contribution >= 0.6 is 11.3 Å². The van der Waals surface area contributed by atoms with E-state index in [2.05, 4.69) is 15.6 Å². The Kier molecular flexibility index (Phi) is 5.42. The lowest BCUT2D eigenvalue weighted by Crippen LogP contribution is -2.37. The zero-order valence-corrected chi connectivity index (χ0v) is 12.2. The molecule has 110 valence electrons. The Morgan fingerprint density at radius 3 is 2.86 bits per heavy atom. The molecule has 6 nitrogen and oxygen atoms in total. The summed E-state index contributed by atoms with van der Waals surface area (Å²) in [7, 11) is 1.56. The Labute approximate surface area is 126 Å². The molecule has 0 aromatic carbocycles. The molecule has 0 radical (unpaired) electrons. The average molecular weight is 305 g/mol. The molecule has 0 fully saturated rings. The third kappa shape index (κ3) is 4.37. The van der Waals surface area contributed by atoms with Crippen LogP contribution in [0.15, 0.2) is 41.4 Å². The van der Waals surface area contributed by atoms with Crippen molar-refractivity contribution >= 4 is 28.8 Å². The van der Waals surface area contributed by atoms with E-state index in [-0.39, 0.29) is 12.6 Å². The molecule has 2 rings (SSSR count). The van der Waals surface area contributed by atoms with Crippen LogP contribution in [-0.4, -0.2) is 30.5 Å². The highest BCUT2D eigenvalue weighted by Gasteiger charge is 2.17. The number of anilines is 1. The van der Waals surface area contributed by atoms with Gasteiger partial charge in [-0.2, -0.15) is 11.3 Å². The van der Waals surface area contributed by atoms with E-state index in [0.29, 0.717) is 5.69 Å². The van der Waals surface area contributed by atoms with Crippen molar-refractivity contribution in [1.29, 1.82) is 0 Å². The number of hydrogen-bond acceptors (Lipinski definition) is 5. The van der Waals surface area contributed by atoms with Gasteiger partial charge in [-0.15, -0.1) is 0 Å². The highest BCUT2D eigenvalue weighted by molar-refractivity contribution is 7.07. The van der Waals surface area contributed by atoms with Gasteiger partial charge in [0.1, 0.15) is 6.10 Å². The molecule has 0 spiro atoms. The number of rotatable bonds is 5. The number of pyridine rings is 1. The predicted octanol–water partition coefficient (Wildman–Crippen LogP) is 1.59. The fraction of sp³-hybridized carbons (Fsp3) is 0.214. The molecule has 0 unspecified atom stereocenters. The maximum absolute atomic E-state index is 11.7. The summed E-state index contributed by atoms with van der Waals surface area (Å²) in [5.74, 6) is -1.45. The molecule has 2 amide bonds. The van der Waals surface area contributed by atoms with Crippen LogP contribution in [0.25, 0.3) is 0 Å². The van der Waals surface area contributed by atoms with E-state index in [1.54, 1.807) is 36.8 Å². The van der Waals surface area contributed by atoms with Gasteiger partial charge in [-0.25, -0.2) is 0 Å². The van der Waals surface area contributed by atoms with Gasteiger partial charge in [0.15, 0.2) is 0 Å². The fourth-order valence-electron chi connectivity index (χ4n) is 1.69. The molecule has 0 saturated carbocycles. The third-order valence-corrected chi connectivity index (χ3v) is 3.47. The Hall–Kier alpha value is -2.25. The number of thiophene rings is 1. The van der Waals surface area contributed by atoms with Gasteiger partial charge >= 0.3 is 11.8 Å². The van der Waals surface area contributed by atoms with Crippen molar-refractivity contribution in [1.82, 2.24) is 10.3 Å². The molecule has 2 heterocycles. The van der Waals surface area contributed by atoms with Gasteiger partial charge in [-0.05, 0) is 34.5 Å². The summed E-state index contributed by atoms with van der Waals surface area (Å²) < 4.78 is 5.29. The van der Waals surface area contributed by atoms with E-state index in [9.17, 15) is 9.59 Å². The minimum atomic E-state index is -0.733. The first-order valence-corrected chi connectivity index (χ1v) is 7.19. The second-order valence-corrected chi connectivity index (χ2v) is 4.97. The molecule has 0 saturated heterocycles. The van der Waals surface area contributed by atoms with E-state index in [0.717, 1.165) is 5.56 Å². The molecular formula is C14H15N3O3S. The number of nitrogens with zero attached hydrogens (tertiary/aromatic N) is 1. The lowest BCUT2D eigenvalue weighted by molar-refractivity contribution is -0.136. The molecule has 21 heavy (non-hydrogen) atoms. The van der Waals surface area contributed by atoms with Crippen molar-refractivity contribution in [3.63, 3.8) is 0 Å². The third-order valence-electron chi connectivity index (χ3n) is 2.77. The second-order valence-electron chi connectivity index (χ2n) is 4.19. The topological polar surface area (TPSA) is 80.3 Å². The van der Waals surface area contributed by atoms with E-state index in [1.807, 2.05) is 16.8 Å². The number of methoxy groups -OCH3 is 1. The van der Waals surface area contributed by atoms with Gasteiger partial charge in [-0.3, -0.25) is 14.6 Å². The average Bonchev–Trinajstić information content (AvgIpc) is 3.03. The summed E-state index contributed by atoms with van der Waals surface area (Å²) in [5.41, 5.74) is 1.44. The van der Waals surface area contributed by atoms with Crippen molar-refractivity contribution in [2.75, 3.05) is 19.0 Å². The lowest BCUT2D eigenvalue weighted by atomic mass is 10.2. The maximum atomic E-state index is 11.7. The summed E-state index contributed by atoms with van der Waals surface area (Å²) in [6, 6.07) is 5.24. The van der Waals surface area contributed by atoms with Crippen LogP contribution in [0, 0.1) is 0 Å². The highest BCUT2D eigenvalue weighted by atomic mass is 32.1. The maximum Gasteiger partial charge on any atom is 0.313 e. The molecule has 2 aromatic rings. The van der Waals surface area contributed by atoms with E-state index in [1.165, 1.54) is 6.20 Å². The van der Waals surface area contributed by atoms with Gasteiger partial charge in [0.25, 0.3) is 0 Å². The van der Waals surface area contributed by atoms with Crippen molar-refractivity contribution in [3.05, 3.63) is 46.9 Å². The van der Waals surface area contributed by atoms with Crippen molar-refractivity contribution < 1.29 is 14.3 Å². The summed E-state index contributed by atoms with van der Waals surface area (Å²) in [4.78, 5) is 27.3. The fourth-order valence-corrected chi connectivity index (χ4v) is 2.39. The van der Waals surface area contributed by atoms with Gasteiger partial charge in [-0.1, -0.05) is 0 Å². The van der Waals surface area contributed by atoms with Crippen LogP contribution in [0.1, 0.15) is 11.7 Å². The highest BCUT2D eigenvalue weighted by Crippen LogP contribution is 2.18. The van der Waals surface area contributed by atoms with E-state index in [4.69, 9.17) is 4.74 Å². The van der Waals surface area contributed by atoms with Gasteiger partial charge in [0.05, 0.1) is 11.9 Å². The second kappa shape index (κ2) is 7.51. The number of hydrogen-bond donors (Lipinski definition) is 2. The monoisotopic (exact) mass is 305 g/mol. The summed E-state index contributed by atoms with van der Waals surface area (Å²) in [5, 5.41) is 8.89. The van der Waals surface area contributed by atoms with Gasteiger partial charge in [0.2, 0.25) is 0 Å². The van der Waals surface area contributed by atoms with E-state index >= 15 is 0 Å². The zero-order chi connectivity index (χ0) is 15.1. The Balaban J connectivity index is 1.85. The number of amides is 2. The van der Waals surface area contributed by atoms with E-state index < -0.39 is 11.8 Å². The van der Waals surface area contributed by atoms with Crippen LogP contribution < -0.4 is 10.6 Å². The first-order chi connectivity index (χ1) is 10.2. The molecule has 1 atom stereocenters. The molecule has 0 aliphatic rings. The molecule has 7 heteroatoms. The van der Waals surface area contributed by atoms with Gasteiger partial charge < -0.3 is 15.4 Å². The molecule has 0 aliphatic heterocycles. The summed E-state index contributed by atoms with van der Waals surface area (Å²) in [6.07, 6.45) is 2.78. The lowest BCUT2D eigenvalue weighted by Gasteiger charge is -2.14. The van der Waals surface area contributed by atoms with Crippen molar-refractivity contribution in [2.24, 2.45) is 0 Å². The smallest absolute Gasteiger partial charge is 0.313 e. The number of carbonyl (C=O) groups is 2. The number of aromatic nitrogens is 1. The number of carbonyl (C=O) groups excluding carboxylic acids is 2. The summed E-state index contributed by atoms with van der Waals surface area (Å²) >= 11 is 1.55. The van der Waals surface area contributed by atoms with Crippen LogP contribution in [0.2, 0.25) is 0 Å². The zero-order valence-electron chi connectivity index (χ0n) is 11.4. The summed E-state index contributed by atoms with van der Waals surface area (Å²) in [6.45, 7) is 0.229. The standard InChI is InChI=1S/C14H15N3O3S/c1-20-12(10-4-6-21-9-10)8-16-13(18)14(19)17-11-3-2-5-15-7-11/h2-7,9,12H,8H2,1H3,(H,16,18)(H,17,19)/t12-/m1/s1. The predicted molar refractivity (Wildman–Crippen MR) is 79.9 cm³/mol. The molecular weight excluding hydrogens is 290 g/mol. The number of ether oxygens (including phenoxy) is 1. The Bertz CT molecular complexity index is 587. The normalized spacial score (nSPS) is 11.7. The van der Waals surface area contributed by atoms with Gasteiger partial charge in [0, 0.05) is 19.9 Å². The SMILES string of the molecule is CO[C@H](CNC(=O)C(=O)Nc1cccnc1)c1ccsc1. The van der Waals surface area contributed by atoms with Crippen LogP contribution in [-0.2, 0) is 14.3 Å². The van der Waals surface area contributed by atoms with Crippen LogP contribution in [0.3, 0.4) is 0 Å². The van der Waals surface area contributed by atoms with Crippen LogP contribution in [0.4, 0.5) is 5.69 Å². The van der Waals surface area contributed by atoms with Crippen molar-refractivity contribution in [3.8, 4) is 0 Å². The quantitative estimate of drug-likeness (QED) is 0.822. The molecule has 2 N–H and O–H groups in total. The minimum absolute atomic E-state index is 0.229. The van der Waals surface area contributed by atoms with Crippen LogP contribution in [0.5, 0.6) is 0 Å². The largest absolute Gasteiger partial charge is 0.375 e. The number of nitrogens with one attached hydrogen (secondary N) is 2. The Morgan fingerprint density at radius 1 is 1.38 bits per heavy atom. The molecule has 0 bridgehead atoms. The Morgan fingerprint density at radius 2 is 2.24 bits per heavy atom. The van der Waals surface area contributed by atoms with Crippen molar-refractivity contribution in [2.45, 2.75) is 6.10 Å². The minimum Gasteiger partial charge on any atom is -0.375 e. The molecule has 2 aromatic heterocycles. The first-order valence-electron chi connectivity index (χ1n) is 6.25. The first kappa shape index (κ1) is 15.1.